The maximum Gasteiger partial charge on any atom is 0.246 e. The second kappa shape index (κ2) is 7.66. The van der Waals surface area contributed by atoms with E-state index >= 15 is 0 Å². The zero-order valence-corrected chi connectivity index (χ0v) is 17.6. The Hall–Kier alpha value is -3.34. The molecule has 164 valence electrons. The highest BCUT2D eigenvalue weighted by molar-refractivity contribution is 5.83. The molecule has 0 saturated heterocycles. The first-order valence-corrected chi connectivity index (χ1v) is 10.7. The van der Waals surface area contributed by atoms with Crippen LogP contribution >= 0.6 is 0 Å². The van der Waals surface area contributed by atoms with Crippen LogP contribution in [0.25, 0.3) is 0 Å². The van der Waals surface area contributed by atoms with Gasteiger partial charge in [-0.3, -0.25) is 4.79 Å². The summed E-state index contributed by atoms with van der Waals surface area (Å²) in [5.41, 5.74) is 0.800. The lowest BCUT2D eigenvalue weighted by Crippen LogP contribution is -2.36. The highest BCUT2D eigenvalue weighted by Crippen LogP contribution is 2.62. The van der Waals surface area contributed by atoms with E-state index < -0.39 is 17.7 Å². The maximum atomic E-state index is 14.1. The molecule has 1 aromatic heterocycles. The van der Waals surface area contributed by atoms with Gasteiger partial charge in [-0.15, -0.1) is 0 Å². The minimum absolute atomic E-state index is 0.0270. The largest absolute Gasteiger partial charge is 0.477 e. The SMILES string of the molecule is Cc1c(F)cc([C@@H]2CC=NN2C(=O)[C@H]2CC3(COc4ccc(C#N)cn4)CC2C3)cc1F. The Labute approximate surface area is 184 Å². The van der Waals surface area contributed by atoms with Crippen LogP contribution in [0, 0.1) is 47.1 Å². The monoisotopic (exact) mass is 436 g/mol. The Morgan fingerprint density at radius 3 is 2.69 bits per heavy atom. The van der Waals surface area contributed by atoms with Crippen LogP contribution in [-0.4, -0.2) is 28.7 Å². The number of benzene rings is 1. The van der Waals surface area contributed by atoms with Crippen LogP contribution < -0.4 is 4.74 Å². The molecular formula is C24H22F2N4O2. The van der Waals surface area contributed by atoms with E-state index in [9.17, 15) is 13.6 Å². The fourth-order valence-electron chi connectivity index (χ4n) is 5.29. The van der Waals surface area contributed by atoms with Gasteiger partial charge in [-0.05, 0) is 55.9 Å². The predicted octanol–water partition coefficient (Wildman–Crippen LogP) is 4.29. The summed E-state index contributed by atoms with van der Waals surface area (Å²) in [6.45, 7) is 1.86. The Morgan fingerprint density at radius 1 is 1.28 bits per heavy atom. The van der Waals surface area contributed by atoms with Crippen molar-refractivity contribution in [2.45, 2.75) is 38.6 Å². The van der Waals surface area contributed by atoms with Gasteiger partial charge in [-0.1, -0.05) is 0 Å². The molecule has 0 N–H and O–H groups in total. The Balaban J connectivity index is 1.25. The van der Waals surface area contributed by atoms with Crippen molar-refractivity contribution in [1.29, 1.82) is 5.26 Å². The number of rotatable bonds is 5. The normalized spacial score (nSPS) is 27.8. The molecule has 0 spiro atoms. The maximum absolute atomic E-state index is 14.1. The molecule has 4 aliphatic rings. The fourth-order valence-corrected chi connectivity index (χ4v) is 5.29. The van der Waals surface area contributed by atoms with Crippen molar-refractivity contribution in [1.82, 2.24) is 9.99 Å². The number of hydrogen-bond donors (Lipinski definition) is 0. The third-order valence-electron chi connectivity index (χ3n) is 7.07. The van der Waals surface area contributed by atoms with Crippen molar-refractivity contribution < 1.29 is 18.3 Å². The van der Waals surface area contributed by atoms with Crippen LogP contribution in [0.1, 0.15) is 48.4 Å². The molecule has 3 fully saturated rings. The minimum Gasteiger partial charge on any atom is -0.477 e. The summed E-state index contributed by atoms with van der Waals surface area (Å²) < 4.78 is 34.0. The van der Waals surface area contributed by atoms with Crippen LogP contribution in [-0.2, 0) is 4.79 Å². The molecule has 1 aliphatic heterocycles. The molecule has 2 bridgehead atoms. The molecule has 8 heteroatoms. The lowest BCUT2D eigenvalue weighted by Gasteiger charge is -2.38. The topological polar surface area (TPSA) is 78.6 Å². The van der Waals surface area contributed by atoms with Crippen molar-refractivity contribution in [3.05, 3.63) is 58.8 Å². The number of hydrogen-bond acceptors (Lipinski definition) is 5. The molecule has 1 amide bonds. The van der Waals surface area contributed by atoms with Gasteiger partial charge in [-0.2, -0.15) is 10.4 Å². The predicted molar refractivity (Wildman–Crippen MR) is 112 cm³/mol. The molecule has 2 aromatic rings. The summed E-state index contributed by atoms with van der Waals surface area (Å²) in [5.74, 6) is -0.770. The van der Waals surface area contributed by atoms with Crippen LogP contribution in [0.4, 0.5) is 8.78 Å². The third kappa shape index (κ3) is 3.42. The number of pyridine rings is 1. The number of carbonyl (C=O) groups is 1. The highest BCUT2D eigenvalue weighted by Gasteiger charge is 2.59. The average molecular weight is 436 g/mol. The molecule has 0 radical (unpaired) electrons. The number of amides is 1. The lowest BCUT2D eigenvalue weighted by molar-refractivity contribution is -0.138. The quantitative estimate of drug-likeness (QED) is 0.700. The molecule has 1 aromatic carbocycles. The smallest absolute Gasteiger partial charge is 0.246 e. The first-order chi connectivity index (χ1) is 15.4. The number of fused-ring (bicyclic) bond motifs is 1. The Kier molecular flexibility index (Phi) is 4.92. The van der Waals surface area contributed by atoms with Gasteiger partial charge in [0.2, 0.25) is 11.8 Å². The van der Waals surface area contributed by atoms with E-state index in [1.165, 1.54) is 30.3 Å². The molecule has 2 atom stereocenters. The Morgan fingerprint density at radius 2 is 2.03 bits per heavy atom. The van der Waals surface area contributed by atoms with Crippen LogP contribution in [0.3, 0.4) is 0 Å². The molecular weight excluding hydrogens is 414 g/mol. The first kappa shape index (κ1) is 20.6. The van der Waals surface area contributed by atoms with Gasteiger partial charge in [0.15, 0.2) is 0 Å². The average Bonchev–Trinajstić information content (AvgIpc) is 3.49. The number of halogens is 2. The van der Waals surface area contributed by atoms with Gasteiger partial charge >= 0.3 is 0 Å². The van der Waals surface area contributed by atoms with Crippen molar-refractivity contribution in [2.24, 2.45) is 22.4 Å². The summed E-state index contributed by atoms with van der Waals surface area (Å²) in [4.78, 5) is 17.5. The third-order valence-corrected chi connectivity index (χ3v) is 7.07. The number of aromatic nitrogens is 1. The van der Waals surface area contributed by atoms with Crippen molar-refractivity contribution in [3.8, 4) is 11.9 Å². The van der Waals surface area contributed by atoms with Gasteiger partial charge < -0.3 is 4.74 Å². The molecule has 3 saturated carbocycles. The van der Waals surface area contributed by atoms with Crippen LogP contribution in [0.5, 0.6) is 5.88 Å². The summed E-state index contributed by atoms with van der Waals surface area (Å²) in [6, 6.07) is 7.47. The number of nitriles is 1. The van der Waals surface area contributed by atoms with Gasteiger partial charge in [0.1, 0.15) is 17.7 Å². The van der Waals surface area contributed by atoms with Gasteiger partial charge in [0.25, 0.3) is 0 Å². The zero-order chi connectivity index (χ0) is 22.5. The van der Waals surface area contributed by atoms with Crippen LogP contribution in [0.15, 0.2) is 35.6 Å². The highest BCUT2D eigenvalue weighted by atomic mass is 19.1. The van der Waals surface area contributed by atoms with Crippen molar-refractivity contribution in [3.63, 3.8) is 0 Å². The zero-order valence-electron chi connectivity index (χ0n) is 17.6. The molecule has 3 aliphatic carbocycles. The number of carbonyl (C=O) groups excluding carboxylic acids is 1. The van der Waals surface area contributed by atoms with Gasteiger partial charge in [-0.25, -0.2) is 18.8 Å². The van der Waals surface area contributed by atoms with E-state index in [0.29, 0.717) is 36.5 Å². The lowest BCUT2D eigenvalue weighted by atomic mass is 9.70. The number of hydrazone groups is 1. The number of ether oxygens (including phenoxy) is 1. The molecule has 0 unspecified atom stereocenters. The van der Waals surface area contributed by atoms with Crippen molar-refractivity contribution >= 4 is 12.1 Å². The van der Waals surface area contributed by atoms with Gasteiger partial charge in [0.05, 0.1) is 18.2 Å². The summed E-state index contributed by atoms with van der Waals surface area (Å²) in [5, 5.41) is 14.5. The first-order valence-electron chi connectivity index (χ1n) is 10.7. The summed E-state index contributed by atoms with van der Waals surface area (Å²) in [7, 11) is 0. The standard InChI is InChI=1S/C24H22F2N4O2/c1-14-19(25)6-16(7-20(14)26)21-4-5-29-30(21)23(31)18-10-24(8-17(18)9-24)13-32-22-3-2-15(11-27)12-28-22/h2-3,5-7,12,17-18,21H,4,8-10,13H2,1H3/t17?,18-,21-,24?/m0/s1. The minimum atomic E-state index is -0.616. The second-order valence-corrected chi connectivity index (χ2v) is 9.11. The summed E-state index contributed by atoms with van der Waals surface area (Å²) >= 11 is 0. The fraction of sp³-hybridized carbons (Fsp3) is 0.417. The van der Waals surface area contributed by atoms with E-state index in [1.54, 1.807) is 18.3 Å². The van der Waals surface area contributed by atoms with E-state index in [4.69, 9.17) is 10.00 Å². The number of nitrogens with zero attached hydrogens (tertiary/aromatic N) is 4. The van der Waals surface area contributed by atoms with E-state index in [1.807, 2.05) is 6.07 Å². The molecule has 6 nitrogen and oxygen atoms in total. The molecule has 2 heterocycles. The molecule has 6 rings (SSSR count). The van der Waals surface area contributed by atoms with Crippen molar-refractivity contribution in [2.75, 3.05) is 6.61 Å². The second-order valence-electron chi connectivity index (χ2n) is 9.11. The van der Waals surface area contributed by atoms with Gasteiger partial charge in [0, 0.05) is 41.8 Å². The van der Waals surface area contributed by atoms with E-state index in [-0.39, 0.29) is 28.7 Å². The van der Waals surface area contributed by atoms with E-state index in [2.05, 4.69) is 10.1 Å². The summed E-state index contributed by atoms with van der Waals surface area (Å²) in [6.07, 6.45) is 6.03. The van der Waals surface area contributed by atoms with E-state index in [0.717, 1.165) is 12.8 Å². The Bertz CT molecular complexity index is 1110. The molecule has 32 heavy (non-hydrogen) atoms. The van der Waals surface area contributed by atoms with Crippen LogP contribution in [0.2, 0.25) is 0 Å².